The predicted molar refractivity (Wildman–Crippen MR) is 80.1 cm³/mol. The van der Waals surface area contributed by atoms with Crippen molar-refractivity contribution in [2.75, 3.05) is 27.2 Å². The van der Waals surface area contributed by atoms with Crippen molar-refractivity contribution in [3.8, 4) is 5.75 Å². The molecule has 0 bridgehead atoms. The number of nitrogens with zero attached hydrogens (tertiary/aromatic N) is 1. The van der Waals surface area contributed by atoms with Gasteiger partial charge in [-0.3, -0.25) is 9.69 Å². The number of amides is 1. The largest absolute Gasteiger partial charge is 0.484 e. The third-order valence-electron chi connectivity index (χ3n) is 3.10. The average Bonchev–Trinajstić information content (AvgIpc) is 3.00. The molecule has 112 valence electrons. The molecule has 1 heterocycles. The highest BCUT2D eigenvalue weighted by atomic mass is 16.5. The normalized spacial score (nSPS) is 12.1. The number of furan rings is 1. The van der Waals surface area contributed by atoms with Crippen LogP contribution in [0.5, 0.6) is 5.75 Å². The van der Waals surface area contributed by atoms with Crippen molar-refractivity contribution in [3.63, 3.8) is 0 Å². The molecule has 2 aromatic rings. The number of ether oxygens (including phenoxy) is 1. The summed E-state index contributed by atoms with van der Waals surface area (Å²) in [6.45, 7) is 0.472. The first-order valence-electron chi connectivity index (χ1n) is 6.81. The number of para-hydroxylation sites is 1. The summed E-state index contributed by atoms with van der Waals surface area (Å²) in [5.74, 6) is 1.35. The van der Waals surface area contributed by atoms with Crippen LogP contribution in [-0.2, 0) is 4.79 Å². The zero-order valence-corrected chi connectivity index (χ0v) is 12.3. The smallest absolute Gasteiger partial charge is 0.258 e. The van der Waals surface area contributed by atoms with E-state index in [1.165, 1.54) is 0 Å². The molecule has 5 nitrogen and oxygen atoms in total. The van der Waals surface area contributed by atoms with Gasteiger partial charge in [-0.2, -0.15) is 0 Å². The van der Waals surface area contributed by atoms with Gasteiger partial charge in [0.15, 0.2) is 6.61 Å². The Morgan fingerprint density at radius 2 is 2.00 bits per heavy atom. The molecule has 0 radical (unpaired) electrons. The molecule has 1 aromatic heterocycles. The monoisotopic (exact) mass is 288 g/mol. The molecule has 1 amide bonds. The molecule has 1 aromatic carbocycles. The molecule has 0 spiro atoms. The third kappa shape index (κ3) is 4.65. The molecule has 0 aliphatic heterocycles. The minimum Gasteiger partial charge on any atom is -0.484 e. The molecule has 5 heteroatoms. The number of hydrogen-bond donors (Lipinski definition) is 1. The standard InChI is InChI=1S/C16H20N2O3/c1-18(2)14(15-9-6-10-20-15)11-17-16(19)12-21-13-7-4-3-5-8-13/h3-10,14H,11-12H2,1-2H3,(H,17,19)/t14-/m0/s1. The molecule has 0 unspecified atom stereocenters. The maximum absolute atomic E-state index is 11.8. The number of nitrogens with one attached hydrogen (secondary N) is 1. The molecule has 0 aliphatic carbocycles. The first kappa shape index (κ1) is 15.1. The van der Waals surface area contributed by atoms with Crippen LogP contribution >= 0.6 is 0 Å². The molecule has 1 atom stereocenters. The van der Waals surface area contributed by atoms with E-state index in [1.54, 1.807) is 6.26 Å². The van der Waals surface area contributed by atoms with Crippen LogP contribution in [0.15, 0.2) is 53.1 Å². The van der Waals surface area contributed by atoms with Crippen LogP contribution in [0.4, 0.5) is 0 Å². The van der Waals surface area contributed by atoms with E-state index in [0.29, 0.717) is 12.3 Å². The van der Waals surface area contributed by atoms with Crippen molar-refractivity contribution in [2.45, 2.75) is 6.04 Å². The van der Waals surface area contributed by atoms with Crippen molar-refractivity contribution in [1.82, 2.24) is 10.2 Å². The van der Waals surface area contributed by atoms with Crippen LogP contribution in [-0.4, -0.2) is 38.1 Å². The number of likely N-dealkylation sites (N-methyl/N-ethyl adjacent to an activating group) is 1. The maximum atomic E-state index is 11.8. The van der Waals surface area contributed by atoms with Crippen LogP contribution < -0.4 is 10.1 Å². The second kappa shape index (κ2) is 7.50. The van der Waals surface area contributed by atoms with Gasteiger partial charge in [0.2, 0.25) is 0 Å². The Morgan fingerprint density at radius 1 is 1.24 bits per heavy atom. The first-order chi connectivity index (χ1) is 10.2. The third-order valence-corrected chi connectivity index (χ3v) is 3.10. The second-order valence-electron chi connectivity index (χ2n) is 4.90. The van der Waals surface area contributed by atoms with Gasteiger partial charge in [-0.1, -0.05) is 18.2 Å². The Kier molecular flexibility index (Phi) is 5.40. The molecular formula is C16H20N2O3. The lowest BCUT2D eigenvalue weighted by Crippen LogP contribution is -2.36. The van der Waals surface area contributed by atoms with E-state index >= 15 is 0 Å². The quantitative estimate of drug-likeness (QED) is 0.847. The number of carbonyl (C=O) groups excluding carboxylic acids is 1. The number of benzene rings is 1. The minimum atomic E-state index is -0.155. The molecule has 0 saturated carbocycles. The minimum absolute atomic E-state index is 0.000625. The van der Waals surface area contributed by atoms with E-state index < -0.39 is 0 Å². The molecule has 0 fully saturated rings. The van der Waals surface area contributed by atoms with E-state index in [0.717, 1.165) is 5.76 Å². The summed E-state index contributed by atoms with van der Waals surface area (Å²) in [5.41, 5.74) is 0. The summed E-state index contributed by atoms with van der Waals surface area (Å²) < 4.78 is 10.8. The summed E-state index contributed by atoms with van der Waals surface area (Å²) in [6.07, 6.45) is 1.63. The van der Waals surface area contributed by atoms with Gasteiger partial charge < -0.3 is 14.5 Å². The lowest BCUT2D eigenvalue weighted by atomic mass is 10.2. The van der Waals surface area contributed by atoms with E-state index in [2.05, 4.69) is 5.32 Å². The Labute approximate surface area is 124 Å². The van der Waals surface area contributed by atoms with Crippen LogP contribution in [0.3, 0.4) is 0 Å². The Bertz CT molecular complexity index is 538. The van der Waals surface area contributed by atoms with Gasteiger partial charge in [0.1, 0.15) is 11.5 Å². The first-order valence-corrected chi connectivity index (χ1v) is 6.81. The molecule has 21 heavy (non-hydrogen) atoms. The predicted octanol–water partition coefficient (Wildman–Crippen LogP) is 2.08. The van der Waals surface area contributed by atoms with Crippen LogP contribution in [0.25, 0.3) is 0 Å². The van der Waals surface area contributed by atoms with Crippen LogP contribution in [0.1, 0.15) is 11.8 Å². The SMILES string of the molecule is CN(C)[C@@H](CNC(=O)COc1ccccc1)c1ccco1. The zero-order valence-electron chi connectivity index (χ0n) is 12.3. The molecule has 0 aliphatic rings. The lowest BCUT2D eigenvalue weighted by molar-refractivity contribution is -0.123. The highest BCUT2D eigenvalue weighted by molar-refractivity contribution is 5.77. The summed E-state index contributed by atoms with van der Waals surface area (Å²) >= 11 is 0. The van der Waals surface area contributed by atoms with Gasteiger partial charge in [-0.25, -0.2) is 0 Å². The molecule has 0 saturated heterocycles. The van der Waals surface area contributed by atoms with Crippen molar-refractivity contribution >= 4 is 5.91 Å². The second-order valence-corrected chi connectivity index (χ2v) is 4.90. The van der Waals surface area contributed by atoms with Gasteiger partial charge in [0.25, 0.3) is 5.91 Å². The van der Waals surface area contributed by atoms with Gasteiger partial charge in [-0.05, 0) is 38.4 Å². The van der Waals surface area contributed by atoms with Gasteiger partial charge >= 0.3 is 0 Å². The van der Waals surface area contributed by atoms with Crippen molar-refractivity contribution < 1.29 is 13.9 Å². The molecule has 1 N–H and O–H groups in total. The summed E-state index contributed by atoms with van der Waals surface area (Å²) in [7, 11) is 3.89. The highest BCUT2D eigenvalue weighted by Gasteiger charge is 2.17. The van der Waals surface area contributed by atoms with Crippen molar-refractivity contribution in [3.05, 3.63) is 54.5 Å². The summed E-state index contributed by atoms with van der Waals surface area (Å²) in [6, 6.07) is 13.0. The topological polar surface area (TPSA) is 54.7 Å². The fraction of sp³-hybridized carbons (Fsp3) is 0.312. The average molecular weight is 288 g/mol. The summed E-state index contributed by atoms with van der Waals surface area (Å²) in [5, 5.41) is 2.86. The van der Waals surface area contributed by atoms with Crippen molar-refractivity contribution in [1.29, 1.82) is 0 Å². The van der Waals surface area contributed by atoms with Crippen molar-refractivity contribution in [2.24, 2.45) is 0 Å². The number of rotatable bonds is 7. The van der Waals surface area contributed by atoms with Crippen LogP contribution in [0, 0.1) is 0 Å². The Morgan fingerprint density at radius 3 is 2.62 bits per heavy atom. The van der Waals surface area contributed by atoms with E-state index in [1.807, 2.05) is 61.5 Å². The molecule has 2 rings (SSSR count). The fourth-order valence-corrected chi connectivity index (χ4v) is 1.95. The van der Waals surface area contributed by atoms with E-state index in [4.69, 9.17) is 9.15 Å². The maximum Gasteiger partial charge on any atom is 0.258 e. The van der Waals surface area contributed by atoms with Crippen LogP contribution in [0.2, 0.25) is 0 Å². The Balaban J connectivity index is 1.80. The number of carbonyl (C=O) groups is 1. The fourth-order valence-electron chi connectivity index (χ4n) is 1.95. The van der Waals surface area contributed by atoms with Gasteiger partial charge in [0, 0.05) is 6.54 Å². The highest BCUT2D eigenvalue weighted by Crippen LogP contribution is 2.17. The summed E-state index contributed by atoms with van der Waals surface area (Å²) in [4.78, 5) is 13.8. The number of hydrogen-bond acceptors (Lipinski definition) is 4. The van der Waals surface area contributed by atoms with Gasteiger partial charge in [0.05, 0.1) is 12.3 Å². The van der Waals surface area contributed by atoms with E-state index in [9.17, 15) is 4.79 Å². The lowest BCUT2D eigenvalue weighted by Gasteiger charge is -2.22. The Hall–Kier alpha value is -2.27. The molecular weight excluding hydrogens is 268 g/mol. The van der Waals surface area contributed by atoms with Gasteiger partial charge in [-0.15, -0.1) is 0 Å². The van der Waals surface area contributed by atoms with E-state index in [-0.39, 0.29) is 18.6 Å². The zero-order chi connectivity index (χ0) is 15.1.